The van der Waals surface area contributed by atoms with Crippen molar-refractivity contribution in [3.8, 4) is 0 Å². The molecule has 0 radical (unpaired) electrons. The van der Waals surface area contributed by atoms with Crippen LogP contribution < -0.4 is 0 Å². The fraction of sp³-hybridized carbons (Fsp3) is 1.00. The highest BCUT2D eigenvalue weighted by Crippen LogP contribution is 2.57. The van der Waals surface area contributed by atoms with E-state index in [9.17, 15) is 5.11 Å². The van der Waals surface area contributed by atoms with Gasteiger partial charge in [0.1, 0.15) is 0 Å². The number of rotatable bonds is 1. The van der Waals surface area contributed by atoms with Crippen molar-refractivity contribution in [1.82, 2.24) is 0 Å². The molecule has 0 aromatic heterocycles. The van der Waals surface area contributed by atoms with Gasteiger partial charge in [-0.3, -0.25) is 0 Å². The lowest BCUT2D eigenvalue weighted by Gasteiger charge is -2.02. The Labute approximate surface area is 49.7 Å². The second kappa shape index (κ2) is 1.10. The van der Waals surface area contributed by atoms with Crippen LogP contribution in [0.1, 0.15) is 26.2 Å². The average Bonchev–Trinajstić information content (AvgIpc) is 2.47. The highest BCUT2D eigenvalue weighted by molar-refractivity contribution is 5.07. The van der Waals surface area contributed by atoms with Crippen molar-refractivity contribution in [1.29, 1.82) is 0 Å². The van der Waals surface area contributed by atoms with Gasteiger partial charge in [-0.05, 0) is 31.1 Å². The molecule has 2 saturated carbocycles. The van der Waals surface area contributed by atoms with E-state index in [1.54, 1.807) is 0 Å². The van der Waals surface area contributed by atoms with Crippen LogP contribution in [0.4, 0.5) is 0 Å². The highest BCUT2D eigenvalue weighted by atomic mass is 16.3. The van der Waals surface area contributed by atoms with E-state index in [0.717, 1.165) is 18.8 Å². The lowest BCUT2D eigenvalue weighted by atomic mass is 10.2. The lowest BCUT2D eigenvalue weighted by molar-refractivity contribution is 0.121. The van der Waals surface area contributed by atoms with Crippen LogP contribution in [0.25, 0.3) is 0 Å². The summed E-state index contributed by atoms with van der Waals surface area (Å²) in [5.74, 6) is 1.50. The molecule has 2 aliphatic rings. The maximum Gasteiger partial charge on any atom is 0.0680 e. The first-order chi connectivity index (χ1) is 3.72. The van der Waals surface area contributed by atoms with E-state index < -0.39 is 0 Å². The van der Waals surface area contributed by atoms with Gasteiger partial charge in [-0.2, -0.15) is 0 Å². The summed E-state index contributed by atoms with van der Waals surface area (Å²) < 4.78 is 0. The molecule has 46 valence electrons. The molecule has 0 heterocycles. The lowest BCUT2D eigenvalue weighted by Crippen LogP contribution is -2.09. The molecule has 2 unspecified atom stereocenters. The summed E-state index contributed by atoms with van der Waals surface area (Å²) in [7, 11) is 0. The van der Waals surface area contributed by atoms with E-state index >= 15 is 0 Å². The quantitative estimate of drug-likeness (QED) is 0.539. The predicted octanol–water partition coefficient (Wildman–Crippen LogP) is 1.17. The molecule has 0 bridgehead atoms. The van der Waals surface area contributed by atoms with Crippen molar-refractivity contribution in [2.45, 2.75) is 31.8 Å². The molecule has 1 N–H and O–H groups in total. The Balaban J connectivity index is 1.99. The molecule has 0 saturated heterocycles. The van der Waals surface area contributed by atoms with Gasteiger partial charge in [0, 0.05) is 0 Å². The van der Waals surface area contributed by atoms with Crippen LogP contribution in [-0.2, 0) is 0 Å². The standard InChI is InChI=1S/C7H12O/c1-5-4-6(5)7(8)2-3-7/h5-6,8H,2-4H2,1H3. The molecule has 0 aliphatic heterocycles. The maximum absolute atomic E-state index is 9.44. The van der Waals surface area contributed by atoms with E-state index in [1.807, 2.05) is 0 Å². The number of hydrogen-bond acceptors (Lipinski definition) is 1. The first-order valence-corrected chi connectivity index (χ1v) is 3.45. The summed E-state index contributed by atoms with van der Waals surface area (Å²) in [6.07, 6.45) is 3.42. The van der Waals surface area contributed by atoms with Crippen LogP contribution in [0.5, 0.6) is 0 Å². The fourth-order valence-electron chi connectivity index (χ4n) is 1.57. The van der Waals surface area contributed by atoms with E-state index in [4.69, 9.17) is 0 Å². The van der Waals surface area contributed by atoms with Crippen molar-refractivity contribution < 1.29 is 5.11 Å². The first-order valence-electron chi connectivity index (χ1n) is 3.45. The largest absolute Gasteiger partial charge is 0.390 e. The predicted molar refractivity (Wildman–Crippen MR) is 31.5 cm³/mol. The molecule has 0 aromatic carbocycles. The van der Waals surface area contributed by atoms with Gasteiger partial charge in [-0.25, -0.2) is 0 Å². The Morgan fingerprint density at radius 2 is 2.00 bits per heavy atom. The zero-order chi connectivity index (χ0) is 5.78. The molecule has 0 aromatic rings. The van der Waals surface area contributed by atoms with Crippen molar-refractivity contribution in [3.05, 3.63) is 0 Å². The Kier molecular flexibility index (Phi) is 0.663. The number of hydrogen-bond donors (Lipinski definition) is 1. The van der Waals surface area contributed by atoms with Gasteiger partial charge in [0.2, 0.25) is 0 Å². The Bertz CT molecular complexity index is 116. The molecular formula is C7H12O. The summed E-state index contributed by atoms with van der Waals surface area (Å²) in [5.41, 5.74) is -0.167. The molecule has 2 fully saturated rings. The molecule has 0 amide bonds. The summed E-state index contributed by atoms with van der Waals surface area (Å²) in [5, 5.41) is 9.44. The van der Waals surface area contributed by atoms with Crippen LogP contribution in [0.3, 0.4) is 0 Å². The van der Waals surface area contributed by atoms with E-state index in [1.165, 1.54) is 6.42 Å². The fourth-order valence-corrected chi connectivity index (χ4v) is 1.57. The van der Waals surface area contributed by atoms with Gasteiger partial charge in [-0.1, -0.05) is 6.92 Å². The second-order valence-electron chi connectivity index (χ2n) is 3.42. The third-order valence-electron chi connectivity index (χ3n) is 2.56. The van der Waals surface area contributed by atoms with E-state index in [-0.39, 0.29) is 5.60 Å². The molecule has 1 heteroatoms. The zero-order valence-corrected chi connectivity index (χ0v) is 5.22. The average molecular weight is 112 g/mol. The SMILES string of the molecule is CC1CC1C1(O)CC1. The Morgan fingerprint density at radius 3 is 2.12 bits per heavy atom. The molecule has 2 aliphatic carbocycles. The van der Waals surface area contributed by atoms with Gasteiger partial charge < -0.3 is 5.11 Å². The second-order valence-corrected chi connectivity index (χ2v) is 3.42. The summed E-state index contributed by atoms with van der Waals surface area (Å²) >= 11 is 0. The van der Waals surface area contributed by atoms with Crippen LogP contribution in [0, 0.1) is 11.8 Å². The maximum atomic E-state index is 9.44. The first kappa shape index (κ1) is 4.80. The van der Waals surface area contributed by atoms with Crippen molar-refractivity contribution in [2.75, 3.05) is 0 Å². The third-order valence-corrected chi connectivity index (χ3v) is 2.56. The normalized spacial score (nSPS) is 48.8. The zero-order valence-electron chi connectivity index (χ0n) is 5.22. The van der Waals surface area contributed by atoms with Crippen LogP contribution in [-0.4, -0.2) is 10.7 Å². The third kappa shape index (κ3) is 0.510. The molecule has 2 atom stereocenters. The molecular weight excluding hydrogens is 100 g/mol. The summed E-state index contributed by atoms with van der Waals surface area (Å²) in [6, 6.07) is 0. The van der Waals surface area contributed by atoms with E-state index in [0.29, 0.717) is 5.92 Å². The van der Waals surface area contributed by atoms with Crippen molar-refractivity contribution in [3.63, 3.8) is 0 Å². The van der Waals surface area contributed by atoms with E-state index in [2.05, 4.69) is 6.92 Å². The minimum absolute atomic E-state index is 0.167. The number of aliphatic hydroxyl groups is 1. The molecule has 1 nitrogen and oxygen atoms in total. The van der Waals surface area contributed by atoms with Crippen molar-refractivity contribution >= 4 is 0 Å². The van der Waals surface area contributed by atoms with Gasteiger partial charge in [0.15, 0.2) is 0 Å². The highest BCUT2D eigenvalue weighted by Gasteiger charge is 2.56. The van der Waals surface area contributed by atoms with Gasteiger partial charge >= 0.3 is 0 Å². The molecule has 8 heavy (non-hydrogen) atoms. The Morgan fingerprint density at radius 1 is 1.50 bits per heavy atom. The van der Waals surface area contributed by atoms with Crippen LogP contribution in [0.15, 0.2) is 0 Å². The smallest absolute Gasteiger partial charge is 0.0680 e. The minimum atomic E-state index is -0.167. The summed E-state index contributed by atoms with van der Waals surface area (Å²) in [4.78, 5) is 0. The monoisotopic (exact) mass is 112 g/mol. The van der Waals surface area contributed by atoms with Gasteiger partial charge in [-0.15, -0.1) is 0 Å². The van der Waals surface area contributed by atoms with Gasteiger partial charge in [0.05, 0.1) is 5.60 Å². The molecule has 2 rings (SSSR count). The Hall–Kier alpha value is -0.0400. The topological polar surface area (TPSA) is 20.2 Å². The van der Waals surface area contributed by atoms with Gasteiger partial charge in [0.25, 0.3) is 0 Å². The molecule has 0 spiro atoms. The minimum Gasteiger partial charge on any atom is -0.390 e. The summed E-state index contributed by atoms with van der Waals surface area (Å²) in [6.45, 7) is 2.22. The van der Waals surface area contributed by atoms with Crippen molar-refractivity contribution in [2.24, 2.45) is 11.8 Å². The van der Waals surface area contributed by atoms with Crippen LogP contribution >= 0.6 is 0 Å². The van der Waals surface area contributed by atoms with Crippen LogP contribution in [0.2, 0.25) is 0 Å².